The number of rotatable bonds is 3. The molecule has 2 aliphatic rings. The van der Waals surface area contributed by atoms with Crippen molar-refractivity contribution in [3.8, 4) is 0 Å². The summed E-state index contributed by atoms with van der Waals surface area (Å²) < 4.78 is 5.08. The lowest BCUT2D eigenvalue weighted by Crippen LogP contribution is -2.63. The van der Waals surface area contributed by atoms with Crippen LogP contribution in [0.4, 0.5) is 0 Å². The van der Waals surface area contributed by atoms with E-state index in [0.29, 0.717) is 5.76 Å². The highest BCUT2D eigenvalue weighted by Gasteiger charge is 2.60. The number of ether oxygens (including phenoxy) is 1. The van der Waals surface area contributed by atoms with Crippen molar-refractivity contribution in [2.24, 2.45) is 11.8 Å². The van der Waals surface area contributed by atoms with E-state index < -0.39 is 18.0 Å². The minimum absolute atomic E-state index is 0.0908. The first-order valence-electron chi connectivity index (χ1n) is 5.44. The Balaban J connectivity index is 2.39. The second-order valence-corrected chi connectivity index (χ2v) is 4.48. The Morgan fingerprint density at radius 1 is 1.53 bits per heavy atom. The number of fused-ring (bicyclic) bond motifs is 1. The average molecular weight is 241 g/mol. The van der Waals surface area contributed by atoms with Gasteiger partial charge in [0, 0.05) is 5.92 Å². The fourth-order valence-electron chi connectivity index (χ4n) is 2.80. The Hall–Kier alpha value is -1.56. The number of carboxylic acids is 1. The summed E-state index contributed by atoms with van der Waals surface area (Å²) in [5.74, 6) is -1.95. The Morgan fingerprint density at radius 2 is 2.12 bits per heavy atom. The van der Waals surface area contributed by atoms with Gasteiger partial charge in [0.1, 0.15) is 5.76 Å². The summed E-state index contributed by atoms with van der Waals surface area (Å²) >= 11 is 0. The standard InChI is InChI=1S/C11H15NO5/c1-4-7-6(5(2)13)10(14)12(7)8(11(15)16)9(4)17-3/h4-7,13H,1-3H3,(H,15,16)/t4-,5+,6+,7+/m0/s1. The number of aliphatic carboxylic acids is 1. The topological polar surface area (TPSA) is 87.1 Å². The zero-order chi connectivity index (χ0) is 12.9. The average Bonchev–Trinajstić information content (AvgIpc) is 2.47. The minimum Gasteiger partial charge on any atom is -0.498 e. The Kier molecular flexibility index (Phi) is 2.61. The van der Waals surface area contributed by atoms with Crippen LogP contribution in [0.3, 0.4) is 0 Å². The third-order valence-corrected chi connectivity index (χ3v) is 3.53. The highest BCUT2D eigenvalue weighted by atomic mass is 16.5. The molecule has 2 N–H and O–H groups in total. The molecule has 0 aliphatic carbocycles. The van der Waals surface area contributed by atoms with Crippen LogP contribution in [0.1, 0.15) is 13.8 Å². The third kappa shape index (κ3) is 1.37. The fraction of sp³-hybridized carbons (Fsp3) is 0.636. The summed E-state index contributed by atoms with van der Waals surface area (Å²) in [5, 5.41) is 18.6. The molecule has 6 heteroatoms. The Labute approximate surface area is 98.5 Å². The van der Waals surface area contributed by atoms with Gasteiger partial charge in [0.2, 0.25) is 5.91 Å². The van der Waals surface area contributed by atoms with Crippen molar-refractivity contribution in [1.29, 1.82) is 0 Å². The summed E-state index contributed by atoms with van der Waals surface area (Å²) in [6.07, 6.45) is -0.780. The van der Waals surface area contributed by atoms with Crippen LogP contribution in [0.15, 0.2) is 11.5 Å². The number of carbonyl (C=O) groups is 2. The monoisotopic (exact) mass is 241 g/mol. The predicted molar refractivity (Wildman–Crippen MR) is 56.6 cm³/mol. The molecule has 1 saturated heterocycles. The molecule has 0 saturated carbocycles. The molecule has 0 bridgehead atoms. The van der Waals surface area contributed by atoms with E-state index in [1.165, 1.54) is 18.9 Å². The van der Waals surface area contributed by atoms with E-state index in [9.17, 15) is 14.7 Å². The fourth-order valence-corrected chi connectivity index (χ4v) is 2.80. The second-order valence-electron chi connectivity index (χ2n) is 4.48. The van der Waals surface area contributed by atoms with Gasteiger partial charge in [0.25, 0.3) is 0 Å². The van der Waals surface area contributed by atoms with Gasteiger partial charge in [0.05, 0.1) is 25.2 Å². The van der Waals surface area contributed by atoms with Gasteiger partial charge in [-0.15, -0.1) is 0 Å². The van der Waals surface area contributed by atoms with Crippen LogP contribution in [0.5, 0.6) is 0 Å². The van der Waals surface area contributed by atoms with Gasteiger partial charge in [-0.3, -0.25) is 9.69 Å². The maximum absolute atomic E-state index is 11.8. The molecule has 4 atom stereocenters. The van der Waals surface area contributed by atoms with Gasteiger partial charge in [-0.1, -0.05) is 6.92 Å². The molecule has 2 rings (SSSR count). The number of β-lactam (4-membered cyclic amide) rings is 1. The number of hydrogen-bond donors (Lipinski definition) is 2. The smallest absolute Gasteiger partial charge is 0.356 e. The number of carboxylic acid groups (broad SMARTS) is 1. The van der Waals surface area contributed by atoms with Crippen LogP contribution in [-0.4, -0.2) is 46.2 Å². The van der Waals surface area contributed by atoms with Gasteiger partial charge in [-0.2, -0.15) is 0 Å². The van der Waals surface area contributed by atoms with E-state index in [0.717, 1.165) is 0 Å². The first-order chi connectivity index (χ1) is 7.91. The van der Waals surface area contributed by atoms with Gasteiger partial charge in [-0.25, -0.2) is 4.79 Å². The lowest BCUT2D eigenvalue weighted by Gasteiger charge is -2.45. The molecule has 0 radical (unpaired) electrons. The number of hydrogen-bond acceptors (Lipinski definition) is 4. The Morgan fingerprint density at radius 3 is 2.53 bits per heavy atom. The zero-order valence-corrected chi connectivity index (χ0v) is 9.88. The predicted octanol–water partition coefficient (Wildman–Crippen LogP) is -0.214. The van der Waals surface area contributed by atoms with Crippen molar-refractivity contribution >= 4 is 11.9 Å². The number of amides is 1. The van der Waals surface area contributed by atoms with Crippen molar-refractivity contribution in [2.45, 2.75) is 26.0 Å². The number of aliphatic hydroxyl groups excluding tert-OH is 1. The molecule has 6 nitrogen and oxygen atoms in total. The van der Waals surface area contributed by atoms with Gasteiger partial charge >= 0.3 is 5.97 Å². The molecule has 94 valence electrons. The molecule has 2 heterocycles. The maximum atomic E-state index is 11.8. The molecule has 0 unspecified atom stereocenters. The summed E-state index contributed by atoms with van der Waals surface area (Å²) in [7, 11) is 1.39. The van der Waals surface area contributed by atoms with Crippen LogP contribution >= 0.6 is 0 Å². The summed E-state index contributed by atoms with van der Waals surface area (Å²) in [6.45, 7) is 3.34. The first kappa shape index (κ1) is 11.9. The second kappa shape index (κ2) is 3.73. The number of aliphatic hydroxyl groups is 1. The van der Waals surface area contributed by atoms with Crippen molar-refractivity contribution in [3.63, 3.8) is 0 Å². The van der Waals surface area contributed by atoms with E-state index >= 15 is 0 Å². The van der Waals surface area contributed by atoms with Crippen LogP contribution in [-0.2, 0) is 14.3 Å². The molecule has 0 aromatic heterocycles. The molecule has 0 aromatic carbocycles. The molecule has 2 aliphatic heterocycles. The van der Waals surface area contributed by atoms with Crippen molar-refractivity contribution in [2.75, 3.05) is 7.11 Å². The number of carbonyl (C=O) groups excluding carboxylic acids is 1. The quantitative estimate of drug-likeness (QED) is 0.667. The first-order valence-corrected chi connectivity index (χ1v) is 5.44. The lowest BCUT2D eigenvalue weighted by atomic mass is 9.79. The largest absolute Gasteiger partial charge is 0.498 e. The van der Waals surface area contributed by atoms with Gasteiger partial charge in [-0.05, 0) is 6.92 Å². The third-order valence-electron chi connectivity index (χ3n) is 3.53. The van der Waals surface area contributed by atoms with Crippen LogP contribution in [0.25, 0.3) is 0 Å². The lowest BCUT2D eigenvalue weighted by molar-refractivity contribution is -0.163. The number of methoxy groups -OCH3 is 1. The van der Waals surface area contributed by atoms with Crippen LogP contribution in [0, 0.1) is 11.8 Å². The molecule has 1 fully saturated rings. The molecule has 0 spiro atoms. The van der Waals surface area contributed by atoms with Gasteiger partial charge < -0.3 is 14.9 Å². The Bertz CT molecular complexity index is 414. The summed E-state index contributed by atoms with van der Waals surface area (Å²) in [6, 6.07) is -0.302. The van der Waals surface area contributed by atoms with Crippen molar-refractivity contribution in [1.82, 2.24) is 4.90 Å². The van der Waals surface area contributed by atoms with Crippen molar-refractivity contribution < 1.29 is 24.5 Å². The highest BCUT2D eigenvalue weighted by Crippen LogP contribution is 2.47. The number of nitrogens with zero attached hydrogens (tertiary/aromatic N) is 1. The minimum atomic E-state index is -1.17. The molecular weight excluding hydrogens is 226 g/mol. The van der Waals surface area contributed by atoms with E-state index in [4.69, 9.17) is 9.84 Å². The van der Waals surface area contributed by atoms with E-state index in [2.05, 4.69) is 0 Å². The van der Waals surface area contributed by atoms with E-state index in [1.807, 2.05) is 0 Å². The van der Waals surface area contributed by atoms with E-state index in [1.54, 1.807) is 6.92 Å². The van der Waals surface area contributed by atoms with E-state index in [-0.39, 0.29) is 23.6 Å². The maximum Gasteiger partial charge on any atom is 0.356 e. The van der Waals surface area contributed by atoms with Gasteiger partial charge in [0.15, 0.2) is 5.70 Å². The van der Waals surface area contributed by atoms with Crippen LogP contribution < -0.4 is 0 Å². The van der Waals surface area contributed by atoms with Crippen molar-refractivity contribution in [3.05, 3.63) is 11.5 Å². The highest BCUT2D eigenvalue weighted by molar-refractivity contribution is 5.99. The molecule has 1 amide bonds. The normalized spacial score (nSPS) is 33.3. The molecule has 17 heavy (non-hydrogen) atoms. The van der Waals surface area contributed by atoms with Crippen LogP contribution in [0.2, 0.25) is 0 Å². The molecule has 0 aromatic rings. The SMILES string of the molecule is COC1=C(C(=O)O)N2C(=O)[C@H]([C@@H](C)O)[C@H]2[C@@H]1C. The summed E-state index contributed by atoms with van der Waals surface area (Å²) in [5.41, 5.74) is -0.0908. The summed E-state index contributed by atoms with van der Waals surface area (Å²) in [4.78, 5) is 24.2. The molecular formula is C11H15NO5. The zero-order valence-electron chi connectivity index (χ0n) is 9.88.